The average molecular weight is 292 g/mol. The first kappa shape index (κ1) is 13.0. The van der Waals surface area contributed by atoms with Crippen molar-refractivity contribution >= 4 is 29.1 Å². The van der Waals surface area contributed by atoms with Crippen LogP contribution in [-0.4, -0.2) is 22.8 Å². The van der Waals surface area contributed by atoms with Crippen molar-refractivity contribution in [1.82, 2.24) is 15.5 Å². The molecule has 104 valence electrons. The maximum atomic E-state index is 11.9. The molecule has 0 fully saturated rings. The van der Waals surface area contributed by atoms with E-state index in [1.54, 1.807) is 24.3 Å². The zero-order valence-electron chi connectivity index (χ0n) is 10.7. The number of hydrogen-bond acceptors (Lipinski definition) is 3. The summed E-state index contributed by atoms with van der Waals surface area (Å²) in [4.78, 5) is 11.9. The van der Waals surface area contributed by atoms with Crippen molar-refractivity contribution in [3.05, 3.63) is 40.5 Å². The van der Waals surface area contributed by atoms with Crippen molar-refractivity contribution in [2.45, 2.75) is 13.0 Å². The number of anilines is 2. The Kier molecular flexibility index (Phi) is 3.58. The lowest BCUT2D eigenvalue weighted by molar-refractivity contribution is 0.262. The molecule has 3 rings (SSSR count). The first-order valence-electron chi connectivity index (χ1n) is 6.33. The SMILES string of the molecule is O=C(Nc1ccc(Cl)cc1)Nc1n[nH]c2c1CNCC2. The van der Waals surface area contributed by atoms with Gasteiger partial charge in [0.05, 0.1) is 0 Å². The van der Waals surface area contributed by atoms with E-state index >= 15 is 0 Å². The lowest BCUT2D eigenvalue weighted by Gasteiger charge is -2.13. The van der Waals surface area contributed by atoms with E-state index < -0.39 is 0 Å². The Morgan fingerprint density at radius 3 is 2.85 bits per heavy atom. The predicted octanol–water partition coefficient (Wildman–Crippen LogP) is 2.35. The van der Waals surface area contributed by atoms with E-state index in [1.807, 2.05) is 0 Å². The van der Waals surface area contributed by atoms with Gasteiger partial charge in [0.2, 0.25) is 0 Å². The van der Waals surface area contributed by atoms with Crippen molar-refractivity contribution < 1.29 is 4.79 Å². The third kappa shape index (κ3) is 2.76. The topological polar surface area (TPSA) is 81.8 Å². The van der Waals surface area contributed by atoms with Gasteiger partial charge in [-0.25, -0.2) is 4.79 Å². The third-order valence-corrected chi connectivity index (χ3v) is 3.39. The second-order valence-electron chi connectivity index (χ2n) is 4.54. The molecule has 7 heteroatoms. The molecule has 0 spiro atoms. The quantitative estimate of drug-likeness (QED) is 0.685. The normalized spacial score (nSPS) is 13.7. The Morgan fingerprint density at radius 1 is 1.25 bits per heavy atom. The molecule has 20 heavy (non-hydrogen) atoms. The minimum absolute atomic E-state index is 0.327. The third-order valence-electron chi connectivity index (χ3n) is 3.14. The van der Waals surface area contributed by atoms with E-state index in [4.69, 9.17) is 11.6 Å². The Labute approximate surface area is 120 Å². The Bertz CT molecular complexity index is 622. The highest BCUT2D eigenvalue weighted by atomic mass is 35.5. The van der Waals surface area contributed by atoms with Gasteiger partial charge in [0.25, 0.3) is 0 Å². The van der Waals surface area contributed by atoms with Crippen LogP contribution in [0.3, 0.4) is 0 Å². The summed E-state index contributed by atoms with van der Waals surface area (Å²) < 4.78 is 0. The maximum Gasteiger partial charge on any atom is 0.324 e. The highest BCUT2D eigenvalue weighted by molar-refractivity contribution is 6.30. The Hall–Kier alpha value is -2.05. The molecule has 2 heterocycles. The molecule has 0 atom stereocenters. The van der Waals surface area contributed by atoms with Crippen LogP contribution < -0.4 is 16.0 Å². The summed E-state index contributed by atoms with van der Waals surface area (Å²) >= 11 is 5.79. The summed E-state index contributed by atoms with van der Waals surface area (Å²) in [5, 5.41) is 16.4. The lowest BCUT2D eigenvalue weighted by atomic mass is 10.1. The molecule has 0 radical (unpaired) electrons. The van der Waals surface area contributed by atoms with Gasteiger partial charge >= 0.3 is 6.03 Å². The standard InChI is InChI=1S/C13H14ClN5O/c14-8-1-3-9(4-2-8)16-13(20)17-12-10-7-15-6-5-11(10)18-19-12/h1-4,15H,5-7H2,(H3,16,17,18,19,20). The van der Waals surface area contributed by atoms with Crippen LogP contribution in [-0.2, 0) is 13.0 Å². The number of benzene rings is 1. The molecule has 0 bridgehead atoms. The van der Waals surface area contributed by atoms with Gasteiger partial charge in [-0.2, -0.15) is 5.10 Å². The zero-order chi connectivity index (χ0) is 13.9. The zero-order valence-corrected chi connectivity index (χ0v) is 11.4. The van der Waals surface area contributed by atoms with E-state index in [-0.39, 0.29) is 6.03 Å². The van der Waals surface area contributed by atoms with E-state index in [9.17, 15) is 4.79 Å². The number of fused-ring (bicyclic) bond motifs is 1. The molecule has 0 aliphatic carbocycles. The van der Waals surface area contributed by atoms with Gasteiger partial charge in [0.15, 0.2) is 5.82 Å². The highest BCUT2D eigenvalue weighted by Gasteiger charge is 2.17. The Balaban J connectivity index is 1.67. The predicted molar refractivity (Wildman–Crippen MR) is 78.1 cm³/mol. The van der Waals surface area contributed by atoms with E-state index in [0.29, 0.717) is 23.1 Å². The minimum Gasteiger partial charge on any atom is -0.312 e. The number of rotatable bonds is 2. The molecule has 0 saturated heterocycles. The monoisotopic (exact) mass is 291 g/mol. The van der Waals surface area contributed by atoms with Gasteiger partial charge in [-0.1, -0.05) is 11.6 Å². The fourth-order valence-corrected chi connectivity index (χ4v) is 2.26. The van der Waals surface area contributed by atoms with Crippen molar-refractivity contribution in [2.75, 3.05) is 17.2 Å². The summed E-state index contributed by atoms with van der Waals surface area (Å²) in [7, 11) is 0. The number of nitrogens with one attached hydrogen (secondary N) is 4. The number of aromatic nitrogens is 2. The highest BCUT2D eigenvalue weighted by Crippen LogP contribution is 2.20. The summed E-state index contributed by atoms with van der Waals surface area (Å²) in [5.41, 5.74) is 2.77. The first-order chi connectivity index (χ1) is 9.72. The van der Waals surface area contributed by atoms with Crippen molar-refractivity contribution in [3.8, 4) is 0 Å². The largest absolute Gasteiger partial charge is 0.324 e. The molecule has 6 nitrogen and oxygen atoms in total. The number of H-pyrrole nitrogens is 1. The summed E-state index contributed by atoms with van der Waals surface area (Å²) in [6.07, 6.45) is 0.892. The molecule has 4 N–H and O–H groups in total. The number of hydrogen-bond donors (Lipinski definition) is 4. The van der Waals surface area contributed by atoms with E-state index in [2.05, 4.69) is 26.1 Å². The second kappa shape index (κ2) is 5.52. The van der Waals surface area contributed by atoms with Crippen LogP contribution in [0.25, 0.3) is 0 Å². The summed E-state index contributed by atoms with van der Waals surface area (Å²) in [5.74, 6) is 0.568. The minimum atomic E-state index is -0.327. The number of nitrogens with zero attached hydrogens (tertiary/aromatic N) is 1. The number of aromatic amines is 1. The molecule has 0 unspecified atom stereocenters. The molecule has 0 saturated carbocycles. The van der Waals surface area contributed by atoms with E-state index in [0.717, 1.165) is 24.2 Å². The first-order valence-corrected chi connectivity index (χ1v) is 6.70. The molecule has 1 aromatic heterocycles. The van der Waals surface area contributed by atoms with Gasteiger partial charge in [0.1, 0.15) is 0 Å². The second-order valence-corrected chi connectivity index (χ2v) is 4.98. The summed E-state index contributed by atoms with van der Waals surface area (Å²) in [6, 6.07) is 6.59. The number of carbonyl (C=O) groups excluding carboxylic acids is 1. The van der Waals surface area contributed by atoms with Crippen LogP contribution in [0, 0.1) is 0 Å². The maximum absolute atomic E-state index is 11.9. The smallest absolute Gasteiger partial charge is 0.312 e. The van der Waals surface area contributed by atoms with Gasteiger partial charge in [-0.15, -0.1) is 0 Å². The number of amides is 2. The number of halogens is 1. The number of carbonyl (C=O) groups is 1. The van der Waals surface area contributed by atoms with Crippen LogP contribution in [0.4, 0.5) is 16.3 Å². The van der Waals surface area contributed by atoms with Crippen molar-refractivity contribution in [1.29, 1.82) is 0 Å². The molecular formula is C13H14ClN5O. The molecule has 1 aliphatic rings. The summed E-state index contributed by atoms with van der Waals surface area (Å²) in [6.45, 7) is 1.63. The average Bonchev–Trinajstić information content (AvgIpc) is 2.85. The van der Waals surface area contributed by atoms with Gasteiger partial charge in [-0.3, -0.25) is 10.4 Å². The molecule has 2 amide bonds. The number of urea groups is 1. The van der Waals surface area contributed by atoms with Crippen LogP contribution in [0.15, 0.2) is 24.3 Å². The van der Waals surface area contributed by atoms with Gasteiger partial charge in [0, 0.05) is 41.5 Å². The Morgan fingerprint density at radius 2 is 2.05 bits per heavy atom. The van der Waals surface area contributed by atoms with Crippen LogP contribution in [0.1, 0.15) is 11.3 Å². The van der Waals surface area contributed by atoms with Gasteiger partial charge in [-0.05, 0) is 24.3 Å². The molecular weight excluding hydrogens is 278 g/mol. The van der Waals surface area contributed by atoms with Crippen molar-refractivity contribution in [3.63, 3.8) is 0 Å². The van der Waals surface area contributed by atoms with Gasteiger partial charge < -0.3 is 10.6 Å². The molecule has 1 aliphatic heterocycles. The fourth-order valence-electron chi connectivity index (χ4n) is 2.13. The van der Waals surface area contributed by atoms with Crippen LogP contribution in [0.2, 0.25) is 5.02 Å². The van der Waals surface area contributed by atoms with Crippen LogP contribution in [0.5, 0.6) is 0 Å². The van der Waals surface area contributed by atoms with Crippen molar-refractivity contribution in [2.24, 2.45) is 0 Å². The molecule has 1 aromatic carbocycles. The van der Waals surface area contributed by atoms with E-state index in [1.165, 1.54) is 0 Å². The lowest BCUT2D eigenvalue weighted by Crippen LogP contribution is -2.25. The molecule has 2 aromatic rings. The fraction of sp³-hybridized carbons (Fsp3) is 0.231. The van der Waals surface area contributed by atoms with Crippen LogP contribution >= 0.6 is 11.6 Å².